The van der Waals surface area contributed by atoms with Crippen LogP contribution in [0.15, 0.2) is 59.8 Å². The van der Waals surface area contributed by atoms with E-state index >= 15 is 0 Å². The summed E-state index contributed by atoms with van der Waals surface area (Å²) >= 11 is 0. The maximum atomic E-state index is 11.1. The SMILES string of the molecule is C=C1[C@H](O)CC(=CC=C2CCC[C@]3(C)[C@@H]([C@H](C)C=C[C@@H](O)C4(C(=C)CCCCC)CC4)CC[C@@H]23)C[C@H]1O. The Morgan fingerprint density at radius 1 is 1.05 bits per heavy atom. The van der Waals surface area contributed by atoms with E-state index in [4.69, 9.17) is 0 Å². The van der Waals surface area contributed by atoms with Gasteiger partial charge in [0.2, 0.25) is 0 Å². The minimum Gasteiger partial charge on any atom is -0.388 e. The first-order valence-electron chi connectivity index (χ1n) is 15.1. The van der Waals surface area contributed by atoms with Gasteiger partial charge in [-0.25, -0.2) is 0 Å². The molecule has 0 heterocycles. The molecule has 0 amide bonds. The summed E-state index contributed by atoms with van der Waals surface area (Å²) < 4.78 is 0. The third-order valence-electron chi connectivity index (χ3n) is 10.7. The molecule has 3 N–H and O–H groups in total. The quantitative estimate of drug-likeness (QED) is 0.210. The second-order valence-electron chi connectivity index (χ2n) is 13.1. The molecule has 206 valence electrons. The van der Waals surface area contributed by atoms with Crippen LogP contribution in [0, 0.1) is 28.6 Å². The molecule has 0 spiro atoms. The zero-order chi connectivity index (χ0) is 26.8. The van der Waals surface area contributed by atoms with Gasteiger partial charge in [-0.05, 0) is 99.4 Å². The molecule has 7 atom stereocenters. The van der Waals surface area contributed by atoms with Crippen molar-refractivity contribution in [1.29, 1.82) is 0 Å². The molecule has 4 fully saturated rings. The normalized spacial score (nSPS) is 36.0. The number of unbranched alkanes of at least 4 members (excludes halogenated alkanes) is 2. The molecule has 0 aliphatic heterocycles. The van der Waals surface area contributed by atoms with Crippen LogP contribution in [0.5, 0.6) is 0 Å². The van der Waals surface area contributed by atoms with Crippen LogP contribution < -0.4 is 0 Å². The zero-order valence-corrected chi connectivity index (χ0v) is 23.7. The number of hydrogen-bond acceptors (Lipinski definition) is 3. The first kappa shape index (κ1) is 28.6. The molecule has 3 nitrogen and oxygen atoms in total. The van der Waals surface area contributed by atoms with Crippen LogP contribution in [-0.2, 0) is 0 Å². The molecule has 0 aromatic rings. The lowest BCUT2D eigenvalue weighted by atomic mass is 9.61. The topological polar surface area (TPSA) is 60.7 Å². The first-order valence-corrected chi connectivity index (χ1v) is 15.1. The lowest BCUT2D eigenvalue weighted by molar-refractivity contribution is 0.110. The van der Waals surface area contributed by atoms with Crippen LogP contribution in [0.1, 0.15) is 104 Å². The Hall–Kier alpha value is -1.42. The fraction of sp³-hybridized carbons (Fsp3) is 0.706. The van der Waals surface area contributed by atoms with Crippen molar-refractivity contribution in [2.45, 2.75) is 123 Å². The number of aliphatic hydroxyl groups excluding tert-OH is 3. The molecule has 0 saturated heterocycles. The monoisotopic (exact) mass is 508 g/mol. The van der Waals surface area contributed by atoms with E-state index in [0.29, 0.717) is 36.2 Å². The predicted molar refractivity (Wildman–Crippen MR) is 154 cm³/mol. The van der Waals surface area contributed by atoms with E-state index < -0.39 is 18.3 Å². The van der Waals surface area contributed by atoms with E-state index in [9.17, 15) is 15.3 Å². The molecule has 0 aromatic heterocycles. The van der Waals surface area contributed by atoms with Gasteiger partial charge in [-0.1, -0.05) is 87.8 Å². The van der Waals surface area contributed by atoms with Crippen molar-refractivity contribution in [3.05, 3.63) is 59.8 Å². The summed E-state index contributed by atoms with van der Waals surface area (Å²) in [5, 5.41) is 31.6. The number of aliphatic hydroxyl groups is 3. The third kappa shape index (κ3) is 5.94. The Bertz CT molecular complexity index is 919. The molecule has 0 unspecified atom stereocenters. The van der Waals surface area contributed by atoms with E-state index in [1.54, 1.807) is 5.57 Å². The summed E-state index contributed by atoms with van der Waals surface area (Å²) in [6, 6.07) is 0. The highest BCUT2D eigenvalue weighted by molar-refractivity contribution is 5.30. The summed E-state index contributed by atoms with van der Waals surface area (Å²) in [4.78, 5) is 0. The van der Waals surface area contributed by atoms with Gasteiger partial charge in [0.15, 0.2) is 0 Å². The van der Waals surface area contributed by atoms with E-state index in [1.165, 1.54) is 50.5 Å². The van der Waals surface area contributed by atoms with Crippen molar-refractivity contribution in [2.75, 3.05) is 0 Å². The molecule has 3 heteroatoms. The summed E-state index contributed by atoms with van der Waals surface area (Å²) in [7, 11) is 0. The third-order valence-corrected chi connectivity index (χ3v) is 10.7. The molecule has 0 radical (unpaired) electrons. The Kier molecular flexibility index (Phi) is 9.09. The fourth-order valence-corrected chi connectivity index (χ4v) is 8.00. The van der Waals surface area contributed by atoms with Gasteiger partial charge < -0.3 is 15.3 Å². The predicted octanol–water partition coefficient (Wildman–Crippen LogP) is 7.60. The van der Waals surface area contributed by atoms with Crippen molar-refractivity contribution in [2.24, 2.45) is 28.6 Å². The van der Waals surface area contributed by atoms with E-state index in [1.807, 2.05) is 0 Å². The first-order chi connectivity index (χ1) is 17.6. The largest absolute Gasteiger partial charge is 0.388 e. The molecular weight excluding hydrogens is 456 g/mol. The second kappa shape index (κ2) is 11.8. The zero-order valence-electron chi connectivity index (χ0n) is 23.7. The molecule has 4 saturated carbocycles. The van der Waals surface area contributed by atoms with Crippen LogP contribution in [0.25, 0.3) is 0 Å². The standard InChI is InChI=1S/C34H52O3/c1-6-7-8-10-24(3)34(19-20-34)32(37)17-12-23(2)28-15-16-29-27(11-9-18-33(28,29)5)14-13-26-21-30(35)25(4)31(36)22-26/h12-14,17,23,28-32,35-37H,3-4,6-11,15-16,18-22H2,1-2,5H3/t23-,28-,29+,30-,31-,32-,33-/m1/s1. The molecule has 37 heavy (non-hydrogen) atoms. The smallest absolute Gasteiger partial charge is 0.0814 e. The summed E-state index contributed by atoms with van der Waals surface area (Å²) in [6.07, 6.45) is 21.4. The summed E-state index contributed by atoms with van der Waals surface area (Å²) in [5.41, 5.74) is 4.71. The Morgan fingerprint density at radius 2 is 1.76 bits per heavy atom. The van der Waals surface area contributed by atoms with Crippen molar-refractivity contribution in [1.82, 2.24) is 0 Å². The lowest BCUT2D eigenvalue weighted by Gasteiger charge is -2.44. The molecular formula is C34H52O3. The maximum absolute atomic E-state index is 11.1. The van der Waals surface area contributed by atoms with Crippen molar-refractivity contribution in [3.8, 4) is 0 Å². The van der Waals surface area contributed by atoms with Gasteiger partial charge in [-0.15, -0.1) is 0 Å². The molecule has 4 aliphatic rings. The highest BCUT2D eigenvalue weighted by Gasteiger charge is 2.51. The van der Waals surface area contributed by atoms with Crippen molar-refractivity contribution < 1.29 is 15.3 Å². The van der Waals surface area contributed by atoms with Crippen molar-refractivity contribution >= 4 is 0 Å². The van der Waals surface area contributed by atoms with Gasteiger partial charge in [-0.3, -0.25) is 0 Å². The Morgan fingerprint density at radius 3 is 2.41 bits per heavy atom. The average Bonchev–Trinajstić information content (AvgIpc) is 3.60. The van der Waals surface area contributed by atoms with Crippen molar-refractivity contribution in [3.63, 3.8) is 0 Å². The van der Waals surface area contributed by atoms with Gasteiger partial charge in [0.25, 0.3) is 0 Å². The van der Waals surface area contributed by atoms with Gasteiger partial charge in [-0.2, -0.15) is 0 Å². The summed E-state index contributed by atoms with van der Waals surface area (Å²) in [5.74, 6) is 1.67. The van der Waals surface area contributed by atoms with Crippen LogP contribution in [-0.4, -0.2) is 33.6 Å². The minimum absolute atomic E-state index is 0.0625. The fourth-order valence-electron chi connectivity index (χ4n) is 8.00. The Balaban J connectivity index is 1.40. The van der Waals surface area contributed by atoms with Gasteiger partial charge in [0.05, 0.1) is 18.3 Å². The van der Waals surface area contributed by atoms with Crippen LogP contribution >= 0.6 is 0 Å². The Labute approximate surface area is 226 Å². The minimum atomic E-state index is -0.632. The average molecular weight is 509 g/mol. The molecule has 4 rings (SSSR count). The summed E-state index contributed by atoms with van der Waals surface area (Å²) in [6.45, 7) is 15.3. The number of fused-ring (bicyclic) bond motifs is 1. The molecule has 0 aromatic carbocycles. The highest BCUT2D eigenvalue weighted by Crippen LogP contribution is 2.60. The number of allylic oxidation sites excluding steroid dienone is 4. The van der Waals surface area contributed by atoms with Gasteiger partial charge in [0.1, 0.15) is 0 Å². The molecule has 0 bridgehead atoms. The van der Waals surface area contributed by atoms with Crippen LogP contribution in [0.3, 0.4) is 0 Å². The van der Waals surface area contributed by atoms with E-state index in [2.05, 4.69) is 58.2 Å². The van der Waals surface area contributed by atoms with E-state index in [0.717, 1.165) is 31.3 Å². The maximum Gasteiger partial charge on any atom is 0.0814 e. The van der Waals surface area contributed by atoms with E-state index in [-0.39, 0.29) is 10.8 Å². The lowest BCUT2D eigenvalue weighted by Crippen LogP contribution is -2.35. The van der Waals surface area contributed by atoms with Gasteiger partial charge in [0, 0.05) is 5.41 Å². The van der Waals surface area contributed by atoms with Crippen LogP contribution in [0.4, 0.5) is 0 Å². The molecule has 4 aliphatic carbocycles. The number of hydrogen-bond donors (Lipinski definition) is 3. The van der Waals surface area contributed by atoms with Gasteiger partial charge >= 0.3 is 0 Å². The highest BCUT2D eigenvalue weighted by atomic mass is 16.3. The second-order valence-corrected chi connectivity index (χ2v) is 13.1. The number of rotatable bonds is 10. The van der Waals surface area contributed by atoms with Crippen LogP contribution in [0.2, 0.25) is 0 Å².